The molecule has 1 aromatic rings. The van der Waals surface area contributed by atoms with Crippen molar-refractivity contribution >= 4 is 34.5 Å². The Morgan fingerprint density at radius 2 is 1.95 bits per heavy atom. The second-order valence-electron chi connectivity index (χ2n) is 4.84. The van der Waals surface area contributed by atoms with Crippen LogP contribution in [0.1, 0.15) is 5.56 Å². The summed E-state index contributed by atoms with van der Waals surface area (Å²) in [5.41, 5.74) is 2.29. The predicted molar refractivity (Wildman–Crippen MR) is 90.3 cm³/mol. The number of carbonyl (C=O) groups is 1. The lowest BCUT2D eigenvalue weighted by Crippen LogP contribution is -2.16. The van der Waals surface area contributed by atoms with E-state index in [1.807, 2.05) is 38.4 Å². The van der Waals surface area contributed by atoms with E-state index in [-0.39, 0.29) is 0 Å². The molecule has 5 heteroatoms. The molecule has 0 unspecified atom stereocenters. The zero-order chi connectivity index (χ0) is 15.2. The van der Waals surface area contributed by atoms with Crippen molar-refractivity contribution in [3.8, 4) is 0 Å². The first kappa shape index (κ1) is 15.4. The van der Waals surface area contributed by atoms with Crippen LogP contribution in [0.4, 0.5) is 5.69 Å². The molecule has 0 radical (unpaired) electrons. The Hall–Kier alpha value is -2.01. The van der Waals surface area contributed by atoms with Gasteiger partial charge in [-0.1, -0.05) is 30.4 Å². The summed E-state index contributed by atoms with van der Waals surface area (Å²) in [6.45, 7) is 0. The van der Waals surface area contributed by atoms with E-state index in [4.69, 9.17) is 5.11 Å². The SMILES string of the molecule is CN(C)c1ccc(/C=C/C=CC2=N[C@@H](C(=O)O)CS2)cc1. The quantitative estimate of drug-likeness (QED) is 0.850. The molecule has 0 aromatic heterocycles. The lowest BCUT2D eigenvalue weighted by Gasteiger charge is -2.11. The number of thioether (sulfide) groups is 1. The van der Waals surface area contributed by atoms with E-state index >= 15 is 0 Å². The van der Waals surface area contributed by atoms with Crippen LogP contribution in [-0.4, -0.2) is 42.0 Å². The Kier molecular flexibility index (Phi) is 5.22. The molecule has 1 aliphatic rings. The van der Waals surface area contributed by atoms with Crippen LogP contribution in [0.3, 0.4) is 0 Å². The first-order valence-electron chi connectivity index (χ1n) is 6.62. The molecule has 1 heterocycles. The fraction of sp³-hybridized carbons (Fsp3) is 0.250. The summed E-state index contributed by atoms with van der Waals surface area (Å²) in [6, 6.07) is 7.65. The second-order valence-corrected chi connectivity index (χ2v) is 5.88. The molecule has 1 aliphatic heterocycles. The van der Waals surface area contributed by atoms with Crippen LogP contribution in [0, 0.1) is 0 Å². The number of benzene rings is 1. The number of hydrogen-bond acceptors (Lipinski definition) is 4. The van der Waals surface area contributed by atoms with Gasteiger partial charge in [0, 0.05) is 25.5 Å². The van der Waals surface area contributed by atoms with Crippen LogP contribution < -0.4 is 4.90 Å². The van der Waals surface area contributed by atoms with Crippen molar-refractivity contribution < 1.29 is 9.90 Å². The average molecular weight is 302 g/mol. The maximum atomic E-state index is 10.8. The molecule has 0 spiro atoms. The van der Waals surface area contributed by atoms with Crippen molar-refractivity contribution in [1.29, 1.82) is 0 Å². The Balaban J connectivity index is 1.92. The highest BCUT2D eigenvalue weighted by Gasteiger charge is 2.22. The zero-order valence-electron chi connectivity index (χ0n) is 12.1. The van der Waals surface area contributed by atoms with Gasteiger partial charge in [0.1, 0.15) is 0 Å². The molecule has 0 saturated carbocycles. The Morgan fingerprint density at radius 3 is 2.52 bits per heavy atom. The zero-order valence-corrected chi connectivity index (χ0v) is 12.9. The van der Waals surface area contributed by atoms with E-state index < -0.39 is 12.0 Å². The smallest absolute Gasteiger partial charge is 0.329 e. The van der Waals surface area contributed by atoms with Crippen LogP contribution in [0.2, 0.25) is 0 Å². The molecule has 1 aromatic carbocycles. The highest BCUT2D eigenvalue weighted by atomic mass is 32.2. The van der Waals surface area contributed by atoms with Crippen molar-refractivity contribution in [2.45, 2.75) is 6.04 Å². The summed E-state index contributed by atoms with van der Waals surface area (Å²) in [5, 5.41) is 9.62. The van der Waals surface area contributed by atoms with Crippen LogP contribution >= 0.6 is 11.8 Å². The number of carboxylic acid groups (broad SMARTS) is 1. The maximum absolute atomic E-state index is 10.8. The molecular formula is C16H18N2O2S. The van der Waals surface area contributed by atoms with E-state index in [1.165, 1.54) is 17.4 Å². The number of aliphatic imine (C=N–C) groups is 1. The number of hydrogen-bond donors (Lipinski definition) is 1. The Bertz CT molecular complexity index is 589. The maximum Gasteiger partial charge on any atom is 0.329 e. The summed E-state index contributed by atoms with van der Waals surface area (Å²) in [5.74, 6) is -0.340. The van der Waals surface area contributed by atoms with Crippen molar-refractivity contribution in [2.24, 2.45) is 4.99 Å². The number of carboxylic acids is 1. The Labute approximate surface area is 128 Å². The van der Waals surface area contributed by atoms with Crippen LogP contribution in [0.25, 0.3) is 6.08 Å². The standard InChI is InChI=1S/C16H18N2O2S/c1-18(2)13-9-7-12(8-10-13)5-3-4-6-15-17-14(11-21-15)16(19)20/h3-10,14H,11H2,1-2H3,(H,19,20)/b5-3+,6-4?/t14-/m1/s1. The third-order valence-electron chi connectivity index (χ3n) is 3.01. The Morgan fingerprint density at radius 1 is 1.29 bits per heavy atom. The second kappa shape index (κ2) is 7.13. The van der Waals surface area contributed by atoms with Crippen LogP contribution in [0.5, 0.6) is 0 Å². The third kappa shape index (κ3) is 4.49. The number of rotatable bonds is 5. The van der Waals surface area contributed by atoms with Gasteiger partial charge < -0.3 is 10.0 Å². The summed E-state index contributed by atoms with van der Waals surface area (Å²) in [4.78, 5) is 16.9. The average Bonchev–Trinajstić information content (AvgIpc) is 2.93. The number of nitrogens with zero attached hydrogens (tertiary/aromatic N) is 2. The third-order valence-corrected chi connectivity index (χ3v) is 4.02. The van der Waals surface area contributed by atoms with Gasteiger partial charge >= 0.3 is 5.97 Å². The molecule has 110 valence electrons. The number of aliphatic carboxylic acids is 1. The van der Waals surface area contributed by atoms with Gasteiger partial charge in [-0.3, -0.25) is 4.99 Å². The van der Waals surface area contributed by atoms with E-state index in [0.717, 1.165) is 10.6 Å². The first-order chi connectivity index (χ1) is 10.1. The molecule has 0 fully saturated rings. The van der Waals surface area contributed by atoms with Crippen molar-refractivity contribution in [1.82, 2.24) is 0 Å². The van der Waals surface area contributed by atoms with E-state index in [9.17, 15) is 4.79 Å². The molecule has 1 N–H and O–H groups in total. The number of allylic oxidation sites excluding steroid dienone is 2. The molecule has 0 bridgehead atoms. The highest BCUT2D eigenvalue weighted by molar-refractivity contribution is 8.14. The minimum Gasteiger partial charge on any atom is -0.480 e. The van der Waals surface area contributed by atoms with E-state index in [2.05, 4.69) is 34.2 Å². The summed E-state index contributed by atoms with van der Waals surface area (Å²) in [7, 11) is 4.02. The van der Waals surface area contributed by atoms with Crippen molar-refractivity contribution in [3.63, 3.8) is 0 Å². The fourth-order valence-corrected chi connectivity index (χ4v) is 2.72. The normalized spacial score (nSPS) is 18.4. The monoisotopic (exact) mass is 302 g/mol. The summed E-state index contributed by atoms with van der Waals surface area (Å²) < 4.78 is 0. The van der Waals surface area contributed by atoms with Gasteiger partial charge in [0.25, 0.3) is 0 Å². The molecule has 4 nitrogen and oxygen atoms in total. The molecular weight excluding hydrogens is 284 g/mol. The van der Waals surface area contributed by atoms with Gasteiger partial charge in [0.05, 0.1) is 5.04 Å². The van der Waals surface area contributed by atoms with Gasteiger partial charge in [-0.05, 0) is 23.8 Å². The fourth-order valence-electron chi connectivity index (χ4n) is 1.80. The van der Waals surface area contributed by atoms with Gasteiger partial charge in [0.15, 0.2) is 6.04 Å². The van der Waals surface area contributed by atoms with Crippen molar-refractivity contribution in [2.75, 3.05) is 24.7 Å². The minimum absolute atomic E-state index is 0.519. The highest BCUT2D eigenvalue weighted by Crippen LogP contribution is 2.19. The first-order valence-corrected chi connectivity index (χ1v) is 7.60. The van der Waals surface area contributed by atoms with Gasteiger partial charge in [0.2, 0.25) is 0 Å². The summed E-state index contributed by atoms with van der Waals surface area (Å²) in [6.07, 6.45) is 7.67. The lowest BCUT2D eigenvalue weighted by molar-refractivity contribution is -0.137. The van der Waals surface area contributed by atoms with Gasteiger partial charge in [-0.25, -0.2) is 4.79 Å². The molecule has 0 saturated heterocycles. The largest absolute Gasteiger partial charge is 0.480 e. The number of anilines is 1. The molecule has 21 heavy (non-hydrogen) atoms. The summed E-state index contributed by atoms with van der Waals surface area (Å²) >= 11 is 1.47. The van der Waals surface area contributed by atoms with Crippen LogP contribution in [0.15, 0.2) is 47.5 Å². The molecule has 0 aliphatic carbocycles. The molecule has 2 rings (SSSR count). The predicted octanol–water partition coefficient (Wildman–Crippen LogP) is 2.92. The molecule has 0 amide bonds. The van der Waals surface area contributed by atoms with E-state index in [0.29, 0.717) is 5.75 Å². The topological polar surface area (TPSA) is 52.9 Å². The lowest BCUT2D eigenvalue weighted by atomic mass is 10.2. The van der Waals surface area contributed by atoms with E-state index in [1.54, 1.807) is 0 Å². The molecule has 1 atom stereocenters. The van der Waals surface area contributed by atoms with Crippen molar-refractivity contribution in [3.05, 3.63) is 48.1 Å². The van der Waals surface area contributed by atoms with Gasteiger partial charge in [-0.2, -0.15) is 0 Å². The minimum atomic E-state index is -0.859. The van der Waals surface area contributed by atoms with Gasteiger partial charge in [-0.15, -0.1) is 11.8 Å². The van der Waals surface area contributed by atoms with Crippen LogP contribution in [-0.2, 0) is 4.79 Å².